The summed E-state index contributed by atoms with van der Waals surface area (Å²) in [7, 11) is 0. The number of carbonyl (C=O) groups is 1. The van der Waals surface area contributed by atoms with E-state index in [4.69, 9.17) is 16.9 Å². The molecule has 0 spiro atoms. The normalized spacial score (nSPS) is 9.38. The molecule has 0 N–H and O–H groups in total. The number of rotatable bonds is 1. The Hall–Kier alpha value is -1.47. The number of carbonyl (C=O) groups excluding carboxylic acids is 1. The van der Waals surface area contributed by atoms with Gasteiger partial charge in [-0.2, -0.15) is 5.26 Å². The second-order valence-electron chi connectivity index (χ2n) is 2.17. The Morgan fingerprint density at radius 2 is 2.00 bits per heavy atom. The molecular weight excluding hydrogens is 200 g/mol. The molecule has 13 heavy (non-hydrogen) atoms. The van der Waals surface area contributed by atoms with Crippen molar-refractivity contribution in [2.45, 2.75) is 0 Å². The van der Waals surface area contributed by atoms with Gasteiger partial charge in [0.05, 0.1) is 11.1 Å². The summed E-state index contributed by atoms with van der Waals surface area (Å²) in [6.07, 6.45) is 0. The van der Waals surface area contributed by atoms with Gasteiger partial charge in [-0.05, 0) is 23.7 Å². The van der Waals surface area contributed by atoms with E-state index < -0.39 is 28.0 Å². The summed E-state index contributed by atoms with van der Waals surface area (Å²) in [4.78, 5) is 10.5. The average molecular weight is 202 g/mol. The smallest absolute Gasteiger partial charge is 0.255 e. The fourth-order valence-corrected chi connectivity index (χ4v) is 0.934. The van der Waals surface area contributed by atoms with Crippen molar-refractivity contribution < 1.29 is 13.6 Å². The van der Waals surface area contributed by atoms with Crippen LogP contribution in [0, 0.1) is 23.0 Å². The van der Waals surface area contributed by atoms with Crippen molar-refractivity contribution >= 4 is 16.8 Å². The zero-order chi connectivity index (χ0) is 10.0. The molecule has 0 fully saturated rings. The molecule has 1 aromatic rings. The van der Waals surface area contributed by atoms with E-state index in [0.29, 0.717) is 0 Å². The number of hydrogen-bond acceptors (Lipinski definition) is 2. The van der Waals surface area contributed by atoms with Gasteiger partial charge in [0, 0.05) is 0 Å². The first kappa shape index (κ1) is 9.62. The molecule has 5 heteroatoms. The fraction of sp³-hybridized carbons (Fsp3) is 0. The van der Waals surface area contributed by atoms with Gasteiger partial charge in [0.2, 0.25) is 0 Å². The van der Waals surface area contributed by atoms with E-state index in [1.807, 2.05) is 0 Å². The van der Waals surface area contributed by atoms with E-state index >= 15 is 0 Å². The highest BCUT2D eigenvalue weighted by Gasteiger charge is 2.16. The van der Waals surface area contributed by atoms with Crippen LogP contribution >= 0.6 is 11.6 Å². The second kappa shape index (κ2) is 3.50. The lowest BCUT2D eigenvalue weighted by atomic mass is 10.1. The molecular formula is C8H2ClF2NO. The molecule has 0 radical (unpaired) electrons. The van der Waals surface area contributed by atoms with Crippen molar-refractivity contribution in [3.05, 3.63) is 34.9 Å². The Kier molecular flexibility index (Phi) is 2.59. The summed E-state index contributed by atoms with van der Waals surface area (Å²) in [6, 6.07) is 3.39. The highest BCUT2D eigenvalue weighted by Crippen LogP contribution is 2.17. The predicted molar refractivity (Wildman–Crippen MR) is 41.3 cm³/mol. The Morgan fingerprint density at radius 1 is 1.38 bits per heavy atom. The first-order valence-electron chi connectivity index (χ1n) is 3.16. The first-order chi connectivity index (χ1) is 6.07. The van der Waals surface area contributed by atoms with E-state index in [-0.39, 0.29) is 0 Å². The lowest BCUT2D eigenvalue weighted by Crippen LogP contribution is -1.99. The molecule has 2 nitrogen and oxygen atoms in total. The average Bonchev–Trinajstić information content (AvgIpc) is 2.09. The third kappa shape index (κ3) is 1.65. The standard InChI is InChI=1S/C8H2ClF2NO/c9-8(13)5-2-1-4(3-12)6(10)7(5)11/h1-2H. The monoisotopic (exact) mass is 201 g/mol. The molecule has 0 aliphatic heterocycles. The zero-order valence-electron chi connectivity index (χ0n) is 6.14. The van der Waals surface area contributed by atoms with Crippen LogP contribution < -0.4 is 0 Å². The predicted octanol–water partition coefficient (Wildman–Crippen LogP) is 2.22. The van der Waals surface area contributed by atoms with Crippen LogP contribution in [-0.2, 0) is 0 Å². The number of halogens is 3. The fourth-order valence-electron chi connectivity index (χ4n) is 0.788. The van der Waals surface area contributed by atoms with Crippen molar-refractivity contribution in [3.8, 4) is 6.07 Å². The number of benzene rings is 1. The summed E-state index contributed by atoms with van der Waals surface area (Å²) < 4.78 is 25.7. The highest BCUT2D eigenvalue weighted by molar-refractivity contribution is 6.67. The molecule has 0 atom stereocenters. The minimum Gasteiger partial charge on any atom is -0.275 e. The maximum atomic E-state index is 12.9. The Bertz CT molecular complexity index is 411. The van der Waals surface area contributed by atoms with Crippen LogP contribution in [0.2, 0.25) is 0 Å². The summed E-state index contributed by atoms with van der Waals surface area (Å²) in [5, 5.41) is 7.20. The Morgan fingerprint density at radius 3 is 2.46 bits per heavy atom. The third-order valence-electron chi connectivity index (χ3n) is 1.41. The minimum atomic E-state index is -1.39. The van der Waals surface area contributed by atoms with Crippen molar-refractivity contribution in [2.75, 3.05) is 0 Å². The number of hydrogen-bond donors (Lipinski definition) is 0. The van der Waals surface area contributed by atoms with Crippen LogP contribution in [-0.4, -0.2) is 5.24 Å². The molecule has 0 aromatic heterocycles. The number of nitrogens with zero attached hydrogens (tertiary/aromatic N) is 1. The van der Waals surface area contributed by atoms with Gasteiger partial charge in [-0.25, -0.2) is 8.78 Å². The van der Waals surface area contributed by atoms with Crippen LogP contribution in [0.25, 0.3) is 0 Å². The van der Waals surface area contributed by atoms with E-state index in [9.17, 15) is 13.6 Å². The van der Waals surface area contributed by atoms with E-state index in [2.05, 4.69) is 0 Å². The van der Waals surface area contributed by atoms with Gasteiger partial charge in [-0.3, -0.25) is 4.79 Å². The molecule has 0 aliphatic rings. The Labute approximate surface area is 77.3 Å². The van der Waals surface area contributed by atoms with Crippen molar-refractivity contribution in [1.29, 1.82) is 5.26 Å². The summed E-state index contributed by atoms with van der Waals surface area (Å²) in [5.74, 6) is -2.74. The minimum absolute atomic E-state index is 0.459. The molecule has 0 unspecified atom stereocenters. The SMILES string of the molecule is N#Cc1ccc(C(=O)Cl)c(F)c1F. The maximum Gasteiger partial charge on any atom is 0.255 e. The van der Waals surface area contributed by atoms with Gasteiger partial charge >= 0.3 is 0 Å². The molecule has 1 rings (SSSR count). The van der Waals surface area contributed by atoms with Crippen LogP contribution in [0.5, 0.6) is 0 Å². The summed E-state index contributed by atoms with van der Waals surface area (Å²) in [5.41, 5.74) is -1.03. The van der Waals surface area contributed by atoms with Crippen LogP contribution in [0.4, 0.5) is 8.78 Å². The van der Waals surface area contributed by atoms with E-state index in [1.165, 1.54) is 6.07 Å². The van der Waals surface area contributed by atoms with Crippen molar-refractivity contribution in [2.24, 2.45) is 0 Å². The van der Waals surface area contributed by atoms with Gasteiger partial charge in [-0.1, -0.05) is 0 Å². The zero-order valence-corrected chi connectivity index (χ0v) is 6.90. The van der Waals surface area contributed by atoms with Crippen molar-refractivity contribution in [3.63, 3.8) is 0 Å². The van der Waals surface area contributed by atoms with E-state index in [0.717, 1.165) is 12.1 Å². The topological polar surface area (TPSA) is 40.9 Å². The van der Waals surface area contributed by atoms with Gasteiger partial charge in [0.1, 0.15) is 6.07 Å². The quantitative estimate of drug-likeness (QED) is 0.654. The molecule has 0 saturated carbocycles. The molecule has 1 aromatic carbocycles. The third-order valence-corrected chi connectivity index (χ3v) is 1.62. The molecule has 0 heterocycles. The van der Waals surface area contributed by atoms with Gasteiger partial charge in [0.25, 0.3) is 5.24 Å². The van der Waals surface area contributed by atoms with Gasteiger partial charge < -0.3 is 0 Å². The lowest BCUT2D eigenvalue weighted by Gasteiger charge is -1.98. The van der Waals surface area contributed by atoms with Crippen molar-refractivity contribution in [1.82, 2.24) is 0 Å². The molecule has 0 amide bonds. The molecule has 0 saturated heterocycles. The molecule has 66 valence electrons. The highest BCUT2D eigenvalue weighted by atomic mass is 35.5. The second-order valence-corrected chi connectivity index (χ2v) is 2.52. The van der Waals surface area contributed by atoms with Gasteiger partial charge in [-0.15, -0.1) is 0 Å². The Balaban J connectivity index is 3.42. The van der Waals surface area contributed by atoms with E-state index in [1.54, 1.807) is 0 Å². The van der Waals surface area contributed by atoms with Gasteiger partial charge in [0.15, 0.2) is 11.6 Å². The summed E-state index contributed by atoms with van der Waals surface area (Å²) in [6.45, 7) is 0. The van der Waals surface area contributed by atoms with Crippen LogP contribution in [0.1, 0.15) is 15.9 Å². The lowest BCUT2D eigenvalue weighted by molar-refractivity contribution is 0.107. The molecule has 0 bridgehead atoms. The molecule has 0 aliphatic carbocycles. The summed E-state index contributed by atoms with van der Waals surface area (Å²) >= 11 is 4.95. The maximum absolute atomic E-state index is 12.9. The van der Waals surface area contributed by atoms with Crippen LogP contribution in [0.15, 0.2) is 12.1 Å². The van der Waals surface area contributed by atoms with Crippen LogP contribution in [0.3, 0.4) is 0 Å². The largest absolute Gasteiger partial charge is 0.275 e. The number of nitriles is 1. The first-order valence-corrected chi connectivity index (χ1v) is 3.53.